The third kappa shape index (κ3) is 10.6. The van der Waals surface area contributed by atoms with Gasteiger partial charge in [-0.3, -0.25) is 29.3 Å². The summed E-state index contributed by atoms with van der Waals surface area (Å²) in [6.45, 7) is 9.12. The third-order valence-electron chi connectivity index (χ3n) is 12.9. The van der Waals surface area contributed by atoms with Gasteiger partial charge in [0.2, 0.25) is 17.7 Å². The number of rotatable bonds is 16. The number of aryl methyl sites for hydroxylation is 3. The Bertz CT molecular complexity index is 2940. The fraction of sp³-hybridized carbons (Fsp3) is 0.380. The topological polar surface area (TPSA) is 205 Å². The van der Waals surface area contributed by atoms with Gasteiger partial charge in [0.1, 0.15) is 59.2 Å². The minimum absolute atomic E-state index is 0.0354. The summed E-state index contributed by atoms with van der Waals surface area (Å²) in [6, 6.07) is 17.2. The summed E-state index contributed by atoms with van der Waals surface area (Å²) in [7, 11) is 0. The molecule has 3 amide bonds. The van der Waals surface area contributed by atoms with Gasteiger partial charge in [0.25, 0.3) is 0 Å². The van der Waals surface area contributed by atoms with Crippen molar-refractivity contribution < 1.29 is 38.5 Å². The van der Waals surface area contributed by atoms with Crippen LogP contribution in [0.1, 0.15) is 89.2 Å². The van der Waals surface area contributed by atoms with Crippen LogP contribution in [0.15, 0.2) is 77.2 Å². The lowest BCUT2D eigenvalue weighted by Gasteiger charge is -2.36. The molecule has 20 heteroatoms. The predicted octanol–water partition coefficient (Wildman–Crippen LogP) is 6.61. The summed E-state index contributed by atoms with van der Waals surface area (Å²) < 4.78 is 28.5. The van der Waals surface area contributed by atoms with Crippen LogP contribution in [-0.4, -0.2) is 109 Å². The highest BCUT2D eigenvalue weighted by Crippen LogP contribution is 2.40. The smallest absolute Gasteiger partial charge is 0.243 e. The zero-order valence-electron chi connectivity index (χ0n) is 39.1. The second-order valence-electron chi connectivity index (χ2n) is 18.0. The van der Waals surface area contributed by atoms with Crippen molar-refractivity contribution in [3.63, 3.8) is 0 Å². The van der Waals surface area contributed by atoms with E-state index in [1.807, 2.05) is 73.9 Å². The minimum Gasteiger partial charge on any atom is -0.490 e. The highest BCUT2D eigenvalue weighted by molar-refractivity contribution is 7.15. The van der Waals surface area contributed by atoms with Crippen LogP contribution in [0.5, 0.6) is 11.5 Å². The molecule has 1 aliphatic carbocycles. The molecule has 2 fully saturated rings. The summed E-state index contributed by atoms with van der Waals surface area (Å²) in [5.41, 5.74) is 8.37. The van der Waals surface area contributed by atoms with Gasteiger partial charge in [0.05, 0.1) is 46.9 Å². The van der Waals surface area contributed by atoms with E-state index in [9.17, 15) is 29.0 Å². The Morgan fingerprint density at radius 3 is 2.43 bits per heavy atom. The van der Waals surface area contributed by atoms with Crippen LogP contribution < -0.4 is 25.4 Å². The minimum atomic E-state index is -1.33. The molecule has 2 aliphatic heterocycles. The molecule has 366 valence electrons. The van der Waals surface area contributed by atoms with Crippen molar-refractivity contribution in [1.29, 1.82) is 0 Å². The Labute approximate surface area is 416 Å². The van der Waals surface area contributed by atoms with E-state index in [2.05, 4.69) is 45.0 Å². The largest absolute Gasteiger partial charge is 0.490 e. The lowest BCUT2D eigenvalue weighted by Crippen LogP contribution is -2.50. The highest BCUT2D eigenvalue weighted by atomic mass is 35.5. The fourth-order valence-corrected chi connectivity index (χ4v) is 11.2. The number of nitrogens with zero attached hydrogens (tertiary/aromatic N) is 6. The lowest BCUT2D eigenvalue weighted by molar-refractivity contribution is -0.138. The summed E-state index contributed by atoms with van der Waals surface area (Å²) in [5, 5.41) is 40.3. The quantitative estimate of drug-likeness (QED) is 0.0653. The average Bonchev–Trinajstić information content (AvgIpc) is 4.09. The molecule has 1 saturated carbocycles. The van der Waals surface area contributed by atoms with Crippen molar-refractivity contribution in [3.8, 4) is 26.9 Å². The second kappa shape index (κ2) is 20.7. The van der Waals surface area contributed by atoms with Gasteiger partial charge in [-0.2, -0.15) is 0 Å². The number of fused-ring (bicyclic) bond motifs is 3. The zero-order valence-corrected chi connectivity index (χ0v) is 41.5. The van der Waals surface area contributed by atoms with E-state index in [0.29, 0.717) is 29.5 Å². The number of aliphatic hydroxyl groups excluding tert-OH is 2. The molecule has 5 N–H and O–H groups in total. The monoisotopic (exact) mass is 1010 g/mol. The van der Waals surface area contributed by atoms with Gasteiger partial charge >= 0.3 is 0 Å². The standard InChI is InChI=1S/C50H53ClFN9O7S2/c1-25-28(4)70-50-45(25)46(31-10-12-33(51)13-11-31)57-40(48-59-58-29(5)61(48)50)20-42(63)56-35-16-39(17-35)68-38-15-34(52)14-37(19-38)67-23-43(64)53-21-44(65)60-22-36(62)18-41(60)49(66)55-26(2)30-6-8-32(9-7-30)47-27(3)54-24-69-47/h6-15,19,24,26,35-36,39-41,43,53,62,64H,16-18,20-23H2,1-5H3,(H,55,66)(H,56,63)/t26-,35-,36+,39+,40-,41-,43?/m0/s1. The van der Waals surface area contributed by atoms with E-state index < -0.39 is 42.0 Å². The molecule has 5 atom stereocenters. The van der Waals surface area contributed by atoms with Crippen LogP contribution in [0.3, 0.4) is 0 Å². The number of aliphatic imine (C=N–C) groups is 1. The number of aromatic nitrogens is 4. The molecular weight excluding hydrogens is 957 g/mol. The van der Waals surface area contributed by atoms with Crippen LogP contribution in [0.25, 0.3) is 15.4 Å². The number of halogens is 2. The summed E-state index contributed by atoms with van der Waals surface area (Å²) in [6.07, 6.45) is -1.44. The lowest BCUT2D eigenvalue weighted by atomic mass is 9.89. The van der Waals surface area contributed by atoms with Gasteiger partial charge in [-0.25, -0.2) is 9.37 Å². The van der Waals surface area contributed by atoms with Crippen molar-refractivity contribution >= 4 is 57.7 Å². The van der Waals surface area contributed by atoms with Gasteiger partial charge in [0.15, 0.2) is 5.82 Å². The molecule has 1 saturated heterocycles. The van der Waals surface area contributed by atoms with Crippen molar-refractivity contribution in [2.45, 2.75) is 103 Å². The molecule has 5 heterocycles. The molecule has 70 heavy (non-hydrogen) atoms. The molecule has 16 nitrogen and oxygen atoms in total. The predicted molar refractivity (Wildman–Crippen MR) is 264 cm³/mol. The first-order valence-corrected chi connectivity index (χ1v) is 25.1. The first-order valence-electron chi connectivity index (χ1n) is 23.0. The number of carbonyl (C=O) groups excluding carboxylic acids is 3. The van der Waals surface area contributed by atoms with Gasteiger partial charge in [0, 0.05) is 71.1 Å². The van der Waals surface area contributed by atoms with Gasteiger partial charge in [-0.15, -0.1) is 32.9 Å². The van der Waals surface area contributed by atoms with E-state index in [1.54, 1.807) is 28.2 Å². The highest BCUT2D eigenvalue weighted by Gasteiger charge is 2.40. The number of ether oxygens (including phenoxy) is 2. The van der Waals surface area contributed by atoms with Crippen molar-refractivity contribution in [2.75, 3.05) is 19.7 Å². The molecule has 0 radical (unpaired) electrons. The van der Waals surface area contributed by atoms with Gasteiger partial charge in [-0.1, -0.05) is 48.0 Å². The number of benzene rings is 3. The van der Waals surface area contributed by atoms with E-state index in [4.69, 9.17) is 26.1 Å². The number of nitrogens with one attached hydrogen (secondary N) is 3. The van der Waals surface area contributed by atoms with E-state index in [0.717, 1.165) is 60.0 Å². The molecule has 1 unspecified atom stereocenters. The van der Waals surface area contributed by atoms with E-state index >= 15 is 0 Å². The molecular formula is C50H53ClFN9O7S2. The average molecular weight is 1010 g/mol. The summed E-state index contributed by atoms with van der Waals surface area (Å²) in [4.78, 5) is 53.4. The molecule has 6 aromatic rings. The molecule has 0 bridgehead atoms. The maximum Gasteiger partial charge on any atom is 0.243 e. The Balaban J connectivity index is 0.740. The van der Waals surface area contributed by atoms with E-state index in [-0.39, 0.29) is 68.1 Å². The number of hydrogen-bond acceptors (Lipinski definition) is 14. The Hall–Kier alpha value is -6.09. The van der Waals surface area contributed by atoms with Crippen LogP contribution in [0.2, 0.25) is 5.02 Å². The van der Waals surface area contributed by atoms with Crippen LogP contribution >= 0.6 is 34.3 Å². The van der Waals surface area contributed by atoms with Crippen LogP contribution in [0, 0.1) is 33.5 Å². The Morgan fingerprint density at radius 2 is 1.70 bits per heavy atom. The molecule has 0 spiro atoms. The number of hydrogen-bond donors (Lipinski definition) is 5. The number of carbonyl (C=O) groups is 3. The molecule has 3 aliphatic rings. The maximum absolute atomic E-state index is 14.8. The van der Waals surface area contributed by atoms with Crippen LogP contribution in [0.4, 0.5) is 4.39 Å². The summed E-state index contributed by atoms with van der Waals surface area (Å²) >= 11 is 9.45. The van der Waals surface area contributed by atoms with Crippen molar-refractivity contribution in [3.05, 3.63) is 128 Å². The third-order valence-corrected chi connectivity index (χ3v) is 15.3. The van der Waals surface area contributed by atoms with E-state index in [1.165, 1.54) is 17.0 Å². The van der Waals surface area contributed by atoms with Gasteiger partial charge in [-0.05, 0) is 63.4 Å². The first-order chi connectivity index (χ1) is 33.6. The summed E-state index contributed by atoms with van der Waals surface area (Å²) in [5.74, 6) is -0.123. The second-order valence-corrected chi connectivity index (χ2v) is 20.5. The zero-order chi connectivity index (χ0) is 49.4. The fourth-order valence-electron chi connectivity index (χ4n) is 9.03. The SMILES string of the molecule is Cc1ncsc1-c1ccc([C@H](C)NC(=O)[C@@H]2C[C@@H](O)CN2C(=O)CNC(O)COc2cc(F)cc(O[C@H]3C[C@@H](NC(=O)C[C@@H]4N=C(c5ccc(Cl)cc5)c5c(sc(C)c5C)-n5c(C)nnc54)C3)c2)cc1. The number of aliphatic hydroxyl groups is 2. The van der Waals surface area contributed by atoms with Gasteiger partial charge < -0.3 is 35.2 Å². The first kappa shape index (κ1) is 48.9. The molecule has 9 rings (SSSR count). The number of likely N-dealkylation sites (tertiary alicyclic amines) is 1. The van der Waals surface area contributed by atoms with Crippen LogP contribution in [-0.2, 0) is 14.4 Å². The Morgan fingerprint density at radius 1 is 0.971 bits per heavy atom. The van der Waals surface area contributed by atoms with Crippen molar-refractivity contribution in [2.24, 2.45) is 4.99 Å². The number of thiophene rings is 1. The Kier molecular flexibility index (Phi) is 14.5. The normalized spacial score (nSPS) is 20.3. The number of thiazole rings is 1. The maximum atomic E-state index is 14.8. The molecule has 3 aromatic carbocycles. The number of β-amino-alcohol motifs (C(OH)–C–C–N with tert-alkyl or cyclic N) is 1. The number of amides is 3. The van der Waals surface area contributed by atoms with Crippen molar-refractivity contribution in [1.82, 2.24) is 40.6 Å². The molecule has 3 aromatic heterocycles.